The van der Waals surface area contributed by atoms with Crippen LogP contribution in [0.2, 0.25) is 15.1 Å². The molecule has 0 aliphatic carbocycles. The average molecular weight is 524 g/mol. The molecular formula is C21H16Cl3F3N2O2S. The van der Waals surface area contributed by atoms with E-state index in [1.54, 1.807) is 11.8 Å². The lowest BCUT2D eigenvalue weighted by Gasteiger charge is -2.38. The first kappa shape index (κ1) is 23.5. The molecule has 2 aliphatic rings. The molecule has 2 aromatic rings. The van der Waals surface area contributed by atoms with Crippen molar-refractivity contribution in [3.05, 3.63) is 68.2 Å². The van der Waals surface area contributed by atoms with E-state index < -0.39 is 18.2 Å². The normalized spacial score (nSPS) is 22.0. The average Bonchev–Trinajstić information content (AvgIpc) is 3.12. The molecular weight excluding hydrogens is 508 g/mol. The van der Waals surface area contributed by atoms with Crippen molar-refractivity contribution in [1.82, 2.24) is 5.32 Å². The van der Waals surface area contributed by atoms with Gasteiger partial charge in [0.05, 0.1) is 21.8 Å². The highest BCUT2D eigenvalue weighted by Crippen LogP contribution is 2.49. The monoisotopic (exact) mass is 522 g/mol. The largest absolute Gasteiger partial charge is 0.435 e. The SMILES string of the molecule is CC1(NC(=O)c2ccc(C3=NOC(c4cc(Cl)cc(Cl)c4)(C(F)(F)F)C3)cc2Cl)CSC1. The molecule has 0 bridgehead atoms. The molecule has 1 saturated heterocycles. The molecule has 2 aliphatic heterocycles. The van der Waals surface area contributed by atoms with Gasteiger partial charge in [-0.3, -0.25) is 4.79 Å². The summed E-state index contributed by atoms with van der Waals surface area (Å²) in [5.41, 5.74) is -2.70. The van der Waals surface area contributed by atoms with Crippen molar-refractivity contribution in [2.75, 3.05) is 11.5 Å². The van der Waals surface area contributed by atoms with Crippen molar-refractivity contribution in [3.63, 3.8) is 0 Å². The Morgan fingerprint density at radius 3 is 2.31 bits per heavy atom. The second-order valence-corrected chi connectivity index (χ2v) is 10.3. The van der Waals surface area contributed by atoms with Gasteiger partial charge in [-0.15, -0.1) is 0 Å². The van der Waals surface area contributed by atoms with Crippen molar-refractivity contribution >= 4 is 58.2 Å². The number of rotatable bonds is 4. The first-order chi connectivity index (χ1) is 14.9. The van der Waals surface area contributed by atoms with Crippen molar-refractivity contribution in [2.45, 2.75) is 30.7 Å². The number of carbonyl (C=O) groups is 1. The number of alkyl halides is 3. The van der Waals surface area contributed by atoms with Gasteiger partial charge in [0, 0.05) is 39.1 Å². The highest BCUT2D eigenvalue weighted by molar-refractivity contribution is 8.00. The number of hydrogen-bond acceptors (Lipinski definition) is 4. The molecule has 1 unspecified atom stereocenters. The molecule has 0 radical (unpaired) electrons. The number of carbonyl (C=O) groups excluding carboxylic acids is 1. The molecule has 32 heavy (non-hydrogen) atoms. The Balaban J connectivity index is 1.61. The topological polar surface area (TPSA) is 50.7 Å². The summed E-state index contributed by atoms with van der Waals surface area (Å²) in [6, 6.07) is 8.01. The van der Waals surface area contributed by atoms with Crippen LogP contribution in [0.1, 0.15) is 34.8 Å². The molecule has 11 heteroatoms. The number of amides is 1. The number of hydrogen-bond donors (Lipinski definition) is 1. The summed E-state index contributed by atoms with van der Waals surface area (Å²) in [7, 11) is 0. The number of oxime groups is 1. The van der Waals surface area contributed by atoms with Gasteiger partial charge in [-0.2, -0.15) is 24.9 Å². The minimum atomic E-state index is -4.80. The molecule has 2 heterocycles. The molecule has 1 fully saturated rings. The van der Waals surface area contributed by atoms with Gasteiger partial charge in [0.25, 0.3) is 11.5 Å². The Hall–Kier alpha value is -1.61. The molecule has 0 saturated carbocycles. The fraction of sp³-hybridized carbons (Fsp3) is 0.333. The zero-order valence-electron chi connectivity index (χ0n) is 16.5. The van der Waals surface area contributed by atoms with Gasteiger partial charge in [-0.05, 0) is 37.3 Å². The van der Waals surface area contributed by atoms with Gasteiger partial charge in [-0.1, -0.05) is 46.0 Å². The first-order valence-corrected chi connectivity index (χ1v) is 11.7. The van der Waals surface area contributed by atoms with Crippen LogP contribution in [0.4, 0.5) is 13.2 Å². The van der Waals surface area contributed by atoms with Crippen LogP contribution in [0, 0.1) is 0 Å². The molecule has 2 aromatic carbocycles. The molecule has 0 spiro atoms. The van der Waals surface area contributed by atoms with Gasteiger partial charge in [0.2, 0.25) is 0 Å². The Morgan fingerprint density at radius 2 is 1.78 bits per heavy atom. The maximum atomic E-state index is 14.1. The smallest absolute Gasteiger partial charge is 0.374 e. The highest BCUT2D eigenvalue weighted by Gasteiger charge is 2.62. The third kappa shape index (κ3) is 4.30. The second-order valence-electron chi connectivity index (χ2n) is 7.99. The third-order valence-electron chi connectivity index (χ3n) is 5.32. The molecule has 170 valence electrons. The molecule has 1 N–H and O–H groups in total. The predicted molar refractivity (Wildman–Crippen MR) is 121 cm³/mol. The van der Waals surface area contributed by atoms with Crippen molar-refractivity contribution in [2.24, 2.45) is 5.16 Å². The van der Waals surface area contributed by atoms with E-state index >= 15 is 0 Å². The summed E-state index contributed by atoms with van der Waals surface area (Å²) in [4.78, 5) is 17.6. The van der Waals surface area contributed by atoms with E-state index in [1.165, 1.54) is 24.3 Å². The van der Waals surface area contributed by atoms with Gasteiger partial charge in [0.15, 0.2) is 0 Å². The van der Waals surface area contributed by atoms with Crippen LogP contribution < -0.4 is 5.32 Å². The molecule has 4 rings (SSSR count). The Bertz CT molecular complexity index is 1100. The summed E-state index contributed by atoms with van der Waals surface area (Å²) >= 11 is 19.9. The quantitative estimate of drug-likeness (QED) is 0.500. The molecule has 1 atom stereocenters. The van der Waals surface area contributed by atoms with E-state index in [0.717, 1.165) is 23.6 Å². The highest BCUT2D eigenvalue weighted by atomic mass is 35.5. The fourth-order valence-corrected chi connectivity index (χ4v) is 5.30. The summed E-state index contributed by atoms with van der Waals surface area (Å²) < 4.78 is 42.4. The molecule has 4 nitrogen and oxygen atoms in total. The van der Waals surface area contributed by atoms with E-state index in [2.05, 4.69) is 10.5 Å². The zero-order valence-corrected chi connectivity index (χ0v) is 19.6. The maximum Gasteiger partial charge on any atom is 0.435 e. The van der Waals surface area contributed by atoms with E-state index in [-0.39, 0.29) is 43.4 Å². The Labute approximate surface area is 201 Å². The minimum Gasteiger partial charge on any atom is -0.374 e. The van der Waals surface area contributed by atoms with E-state index in [9.17, 15) is 18.0 Å². The van der Waals surface area contributed by atoms with Crippen molar-refractivity contribution in [1.29, 1.82) is 0 Å². The third-order valence-corrected chi connectivity index (χ3v) is 7.75. The lowest BCUT2D eigenvalue weighted by molar-refractivity contribution is -0.275. The van der Waals surface area contributed by atoms with Gasteiger partial charge in [0.1, 0.15) is 0 Å². The van der Waals surface area contributed by atoms with Crippen LogP contribution >= 0.6 is 46.6 Å². The number of nitrogens with zero attached hydrogens (tertiary/aromatic N) is 1. The Kier molecular flexibility index (Phi) is 6.11. The summed E-state index contributed by atoms with van der Waals surface area (Å²) in [6.45, 7) is 1.94. The van der Waals surface area contributed by atoms with Crippen LogP contribution in [0.5, 0.6) is 0 Å². The first-order valence-electron chi connectivity index (χ1n) is 9.41. The number of nitrogens with one attached hydrogen (secondary N) is 1. The van der Waals surface area contributed by atoms with Crippen LogP contribution in [0.3, 0.4) is 0 Å². The molecule has 0 aromatic heterocycles. The minimum absolute atomic E-state index is 0.0367. The second kappa shape index (κ2) is 8.31. The fourth-order valence-electron chi connectivity index (χ4n) is 3.55. The lowest BCUT2D eigenvalue weighted by atomic mass is 9.86. The summed E-state index contributed by atoms with van der Waals surface area (Å²) in [6.07, 6.45) is -5.41. The Morgan fingerprint density at radius 1 is 1.12 bits per heavy atom. The van der Waals surface area contributed by atoms with Crippen LogP contribution in [0.25, 0.3) is 0 Å². The van der Waals surface area contributed by atoms with E-state index in [1.807, 2.05) is 6.92 Å². The van der Waals surface area contributed by atoms with Crippen LogP contribution in [-0.2, 0) is 10.4 Å². The van der Waals surface area contributed by atoms with Crippen LogP contribution in [0.15, 0.2) is 41.6 Å². The lowest BCUT2D eigenvalue weighted by Crippen LogP contribution is -2.55. The van der Waals surface area contributed by atoms with Gasteiger partial charge >= 0.3 is 6.18 Å². The number of benzene rings is 2. The number of thioether (sulfide) groups is 1. The van der Waals surface area contributed by atoms with Gasteiger partial charge in [-0.25, -0.2) is 0 Å². The standard InChI is InChI=1S/C21H16Cl3F3N2O2S/c1-19(9-32-10-19)28-18(30)15-3-2-11(4-16(15)24)17-8-20(31-29-17,21(25,26)27)12-5-13(22)7-14(23)6-12/h2-7H,8-10H2,1H3,(H,28,30). The number of halogens is 6. The summed E-state index contributed by atoms with van der Waals surface area (Å²) in [5.74, 6) is 1.26. The zero-order chi connectivity index (χ0) is 23.3. The summed E-state index contributed by atoms with van der Waals surface area (Å²) in [5, 5.41) is 6.84. The van der Waals surface area contributed by atoms with Crippen molar-refractivity contribution in [3.8, 4) is 0 Å². The molecule has 1 amide bonds. The maximum absolute atomic E-state index is 14.1. The van der Waals surface area contributed by atoms with E-state index in [4.69, 9.17) is 39.6 Å². The van der Waals surface area contributed by atoms with E-state index in [0.29, 0.717) is 5.56 Å². The van der Waals surface area contributed by atoms with Gasteiger partial charge < -0.3 is 10.2 Å². The van der Waals surface area contributed by atoms with Crippen molar-refractivity contribution < 1.29 is 22.8 Å². The van der Waals surface area contributed by atoms with Crippen LogP contribution in [-0.4, -0.2) is 34.8 Å². The predicted octanol–water partition coefficient (Wildman–Crippen LogP) is 6.46.